The fraction of sp³-hybridized carbons (Fsp3) is 0.280. The van der Waals surface area contributed by atoms with Gasteiger partial charge in [0.05, 0.1) is 18.3 Å². The molecule has 0 unspecified atom stereocenters. The molecule has 3 aromatic carbocycles. The highest BCUT2D eigenvalue weighted by Gasteiger charge is 2.33. The number of anilines is 1. The molecule has 0 radical (unpaired) electrons. The molecule has 0 aromatic heterocycles. The number of aryl methyl sites for hydroxylation is 1. The van der Waals surface area contributed by atoms with Gasteiger partial charge in [-0.05, 0) is 79.5 Å². The Kier molecular flexibility index (Phi) is 6.22. The number of nitrogens with zero attached hydrogens (tertiary/aromatic N) is 1. The van der Waals surface area contributed by atoms with Gasteiger partial charge in [0, 0.05) is 10.6 Å². The molecule has 0 saturated carbocycles. The average molecular weight is 450 g/mol. The van der Waals surface area contributed by atoms with Crippen molar-refractivity contribution >= 4 is 39.9 Å². The van der Waals surface area contributed by atoms with E-state index in [0.29, 0.717) is 29.1 Å². The molecular weight excluding hydrogens is 426 g/mol. The fourth-order valence-electron chi connectivity index (χ4n) is 3.97. The molecule has 6 nitrogen and oxygen atoms in total. The van der Waals surface area contributed by atoms with Gasteiger partial charge in [-0.2, -0.15) is 0 Å². The van der Waals surface area contributed by atoms with Crippen LogP contribution in [0.4, 0.5) is 5.69 Å². The lowest BCUT2D eigenvalue weighted by molar-refractivity contribution is -0.128. The molecular formula is C25H24ClN3O3. The van der Waals surface area contributed by atoms with Crippen molar-refractivity contribution in [1.29, 1.82) is 0 Å². The molecule has 4 rings (SSSR count). The first-order chi connectivity index (χ1) is 15.4. The summed E-state index contributed by atoms with van der Waals surface area (Å²) in [4.78, 5) is 27.7. The van der Waals surface area contributed by atoms with E-state index in [4.69, 9.17) is 11.6 Å². The van der Waals surface area contributed by atoms with Crippen LogP contribution in [0.5, 0.6) is 5.75 Å². The SMILES string of the molecule is CN[C@@H](C)C(=O)N[C@H]1CCc2ccc#cc2N(Cc2c(O)ccc3cc(Cl)ccc23)C1=O. The molecule has 3 aromatic rings. The van der Waals surface area contributed by atoms with E-state index >= 15 is 0 Å². The lowest BCUT2D eigenvalue weighted by Crippen LogP contribution is -2.52. The van der Waals surface area contributed by atoms with Crippen LogP contribution >= 0.6 is 11.6 Å². The van der Waals surface area contributed by atoms with Crippen LogP contribution < -0.4 is 15.5 Å². The summed E-state index contributed by atoms with van der Waals surface area (Å²) >= 11 is 6.14. The van der Waals surface area contributed by atoms with Crippen LogP contribution in [0.2, 0.25) is 5.02 Å². The Hall–Kier alpha value is -3.27. The van der Waals surface area contributed by atoms with Crippen molar-refractivity contribution in [3.8, 4) is 5.75 Å². The number of hydrogen-bond donors (Lipinski definition) is 3. The van der Waals surface area contributed by atoms with Crippen LogP contribution in [0.15, 0.2) is 42.5 Å². The third kappa shape index (κ3) is 4.22. The predicted octanol–water partition coefficient (Wildman–Crippen LogP) is 3.37. The highest BCUT2D eigenvalue weighted by Crippen LogP contribution is 2.33. The highest BCUT2D eigenvalue weighted by molar-refractivity contribution is 6.31. The third-order valence-electron chi connectivity index (χ3n) is 5.93. The molecule has 2 amide bonds. The second kappa shape index (κ2) is 9.07. The third-order valence-corrected chi connectivity index (χ3v) is 6.16. The molecule has 32 heavy (non-hydrogen) atoms. The molecule has 7 heteroatoms. The predicted molar refractivity (Wildman–Crippen MR) is 125 cm³/mol. The number of aromatic hydroxyl groups is 1. The van der Waals surface area contributed by atoms with E-state index in [1.54, 1.807) is 43.1 Å². The van der Waals surface area contributed by atoms with Gasteiger partial charge in [-0.15, -0.1) is 0 Å². The summed E-state index contributed by atoms with van der Waals surface area (Å²) in [6.07, 6.45) is 1.08. The molecule has 1 aliphatic heterocycles. The van der Waals surface area contributed by atoms with Gasteiger partial charge in [-0.1, -0.05) is 29.8 Å². The van der Waals surface area contributed by atoms with Crippen molar-refractivity contribution in [1.82, 2.24) is 10.6 Å². The first-order valence-electron chi connectivity index (χ1n) is 10.5. The van der Waals surface area contributed by atoms with Crippen molar-refractivity contribution in [2.24, 2.45) is 0 Å². The van der Waals surface area contributed by atoms with Gasteiger partial charge in [-0.3, -0.25) is 14.5 Å². The smallest absolute Gasteiger partial charge is 0.250 e. The van der Waals surface area contributed by atoms with E-state index in [2.05, 4.69) is 22.8 Å². The largest absolute Gasteiger partial charge is 0.508 e. The number of amides is 2. The maximum atomic E-state index is 13.6. The van der Waals surface area contributed by atoms with Crippen molar-refractivity contribution in [2.45, 2.75) is 38.4 Å². The Labute approximate surface area is 192 Å². The number of carbonyl (C=O) groups excluding carboxylic acids is 2. The number of fused-ring (bicyclic) bond motifs is 2. The first-order valence-corrected chi connectivity index (χ1v) is 10.9. The van der Waals surface area contributed by atoms with Crippen LogP contribution in [0.1, 0.15) is 24.5 Å². The van der Waals surface area contributed by atoms with Gasteiger partial charge in [-0.25, -0.2) is 0 Å². The first kappa shape index (κ1) is 21.9. The minimum atomic E-state index is -0.689. The molecule has 0 spiro atoms. The fourth-order valence-corrected chi connectivity index (χ4v) is 4.15. The van der Waals surface area contributed by atoms with Crippen molar-refractivity contribution in [3.05, 3.63) is 70.7 Å². The molecule has 0 fully saturated rings. The van der Waals surface area contributed by atoms with Crippen molar-refractivity contribution in [3.63, 3.8) is 0 Å². The minimum Gasteiger partial charge on any atom is -0.508 e. The Morgan fingerprint density at radius 3 is 2.91 bits per heavy atom. The Morgan fingerprint density at radius 2 is 2.12 bits per heavy atom. The average Bonchev–Trinajstić information content (AvgIpc) is 2.92. The number of carbonyl (C=O) groups is 2. The van der Waals surface area contributed by atoms with Crippen LogP contribution in [-0.4, -0.2) is 36.1 Å². The summed E-state index contributed by atoms with van der Waals surface area (Å²) < 4.78 is 0. The number of hydrogen-bond acceptors (Lipinski definition) is 4. The number of rotatable bonds is 5. The van der Waals surface area contributed by atoms with E-state index in [0.717, 1.165) is 16.3 Å². The zero-order valence-electron chi connectivity index (χ0n) is 17.9. The van der Waals surface area contributed by atoms with E-state index in [-0.39, 0.29) is 24.1 Å². The highest BCUT2D eigenvalue weighted by atomic mass is 35.5. The van der Waals surface area contributed by atoms with Crippen molar-refractivity contribution in [2.75, 3.05) is 11.9 Å². The Balaban J connectivity index is 1.75. The Morgan fingerprint density at radius 1 is 1.31 bits per heavy atom. The lowest BCUT2D eigenvalue weighted by Gasteiger charge is -2.26. The topological polar surface area (TPSA) is 81.7 Å². The summed E-state index contributed by atoms with van der Waals surface area (Å²) in [5, 5.41) is 18.7. The van der Waals surface area contributed by atoms with Gasteiger partial charge in [0.25, 0.3) is 0 Å². The summed E-state index contributed by atoms with van der Waals surface area (Å²) in [6.45, 7) is 1.87. The molecule has 0 saturated heterocycles. The summed E-state index contributed by atoms with van der Waals surface area (Å²) in [5.41, 5.74) is 2.16. The molecule has 164 valence electrons. The summed E-state index contributed by atoms with van der Waals surface area (Å²) in [5.74, 6) is -0.403. The van der Waals surface area contributed by atoms with Gasteiger partial charge in [0.1, 0.15) is 11.8 Å². The lowest BCUT2D eigenvalue weighted by atomic mass is 10.0. The molecule has 0 aliphatic carbocycles. The van der Waals surface area contributed by atoms with Crippen LogP contribution in [0, 0.1) is 12.1 Å². The van der Waals surface area contributed by atoms with Gasteiger partial charge >= 0.3 is 0 Å². The van der Waals surface area contributed by atoms with E-state index in [1.807, 2.05) is 18.2 Å². The van der Waals surface area contributed by atoms with Crippen LogP contribution in [0.25, 0.3) is 10.8 Å². The van der Waals surface area contributed by atoms with E-state index in [1.165, 1.54) is 0 Å². The molecule has 3 N–H and O–H groups in total. The zero-order chi connectivity index (χ0) is 22.8. The van der Waals surface area contributed by atoms with Crippen LogP contribution in [-0.2, 0) is 22.6 Å². The van der Waals surface area contributed by atoms with Gasteiger partial charge < -0.3 is 15.7 Å². The van der Waals surface area contributed by atoms with Crippen LogP contribution in [0.3, 0.4) is 0 Å². The van der Waals surface area contributed by atoms with E-state index in [9.17, 15) is 14.7 Å². The number of halogens is 1. The molecule has 1 aliphatic rings. The Bertz CT molecular complexity index is 1180. The molecule has 0 bridgehead atoms. The number of likely N-dealkylation sites (N-methyl/N-ethyl adjacent to an activating group) is 1. The van der Waals surface area contributed by atoms with Gasteiger partial charge in [0.2, 0.25) is 11.8 Å². The summed E-state index contributed by atoms with van der Waals surface area (Å²) in [6, 6.07) is 17.4. The maximum Gasteiger partial charge on any atom is 0.250 e. The molecule has 1 heterocycles. The number of benzene rings is 2. The summed E-state index contributed by atoms with van der Waals surface area (Å²) in [7, 11) is 1.70. The number of nitrogens with one attached hydrogen (secondary N) is 2. The molecule has 2 atom stereocenters. The number of phenols is 1. The minimum absolute atomic E-state index is 0.0859. The van der Waals surface area contributed by atoms with Crippen molar-refractivity contribution < 1.29 is 14.7 Å². The van der Waals surface area contributed by atoms with Gasteiger partial charge in [0.15, 0.2) is 0 Å². The second-order valence-electron chi connectivity index (χ2n) is 7.94. The second-order valence-corrected chi connectivity index (χ2v) is 8.38. The normalized spacial score (nSPS) is 16.8. The number of phenolic OH excluding ortho intramolecular Hbond substituents is 1. The standard InChI is InChI=1S/C25H24ClN3O3/c1-15(27-2)24(31)28-21-11-7-16-5-3-4-6-22(16)29(25(21)32)14-20-19-10-9-18(26)13-17(19)8-12-23(20)30/h3,5,8-10,12-13,15,21,27,30H,7,11,14H2,1-2H3,(H,28,31)/t15-,21-/m0/s1. The quantitative estimate of drug-likeness (QED) is 0.557. The monoisotopic (exact) mass is 449 g/mol. The van der Waals surface area contributed by atoms with E-state index < -0.39 is 12.1 Å². The maximum absolute atomic E-state index is 13.6. The zero-order valence-corrected chi connectivity index (χ0v) is 18.7.